The summed E-state index contributed by atoms with van der Waals surface area (Å²) < 4.78 is 11.7. The van der Waals surface area contributed by atoms with E-state index in [0.29, 0.717) is 6.61 Å². The number of esters is 1. The molecule has 0 N–H and O–H groups in total. The maximum atomic E-state index is 11.8. The van der Waals surface area contributed by atoms with E-state index in [1.807, 2.05) is 61.5 Å². The first-order valence-corrected chi connectivity index (χ1v) is 9.86. The molecule has 3 aromatic rings. The lowest BCUT2D eigenvalue weighted by Gasteiger charge is -2.37. The predicted molar refractivity (Wildman–Crippen MR) is 116 cm³/mol. The van der Waals surface area contributed by atoms with E-state index in [-0.39, 0.29) is 12.1 Å². The summed E-state index contributed by atoms with van der Waals surface area (Å²) in [4.78, 5) is 11.8. The van der Waals surface area contributed by atoms with Gasteiger partial charge in [0.15, 0.2) is 0 Å². The van der Waals surface area contributed by atoms with Crippen LogP contribution in [0.1, 0.15) is 30.5 Å². The molecule has 0 saturated heterocycles. The Morgan fingerprint density at radius 2 is 1.24 bits per heavy atom. The first kappa shape index (κ1) is 20.6. The summed E-state index contributed by atoms with van der Waals surface area (Å²) in [7, 11) is 0. The highest BCUT2D eigenvalue weighted by Gasteiger charge is 2.38. The van der Waals surface area contributed by atoms with E-state index in [2.05, 4.69) is 36.4 Å². The van der Waals surface area contributed by atoms with E-state index in [1.165, 1.54) is 6.08 Å². The summed E-state index contributed by atoms with van der Waals surface area (Å²) in [5.74, 6) is -0.368. The molecule has 0 amide bonds. The van der Waals surface area contributed by atoms with Crippen LogP contribution < -0.4 is 0 Å². The average molecular weight is 386 g/mol. The molecule has 0 saturated carbocycles. The molecule has 0 unspecified atom stereocenters. The molecule has 29 heavy (non-hydrogen) atoms. The zero-order valence-electron chi connectivity index (χ0n) is 16.8. The maximum absolute atomic E-state index is 11.8. The van der Waals surface area contributed by atoms with Crippen molar-refractivity contribution in [1.29, 1.82) is 0 Å². The molecule has 148 valence electrons. The lowest BCUT2D eigenvalue weighted by molar-refractivity contribution is -0.137. The zero-order chi connectivity index (χ0) is 20.5. The largest absolute Gasteiger partial charge is 0.463 e. The third-order valence-electron chi connectivity index (χ3n) is 4.69. The van der Waals surface area contributed by atoms with Gasteiger partial charge in [-0.25, -0.2) is 4.79 Å². The summed E-state index contributed by atoms with van der Waals surface area (Å²) in [5.41, 5.74) is 2.25. The fourth-order valence-corrected chi connectivity index (χ4v) is 3.45. The fourth-order valence-electron chi connectivity index (χ4n) is 3.45. The van der Waals surface area contributed by atoms with Crippen LogP contribution in [0.2, 0.25) is 0 Å². The molecule has 0 aliphatic heterocycles. The quantitative estimate of drug-likeness (QED) is 0.291. The Balaban J connectivity index is 2.11. The van der Waals surface area contributed by atoms with Crippen LogP contribution in [0.3, 0.4) is 0 Å². The molecule has 3 heteroatoms. The average Bonchev–Trinajstić information content (AvgIpc) is 2.78. The Labute approximate surface area is 172 Å². The standard InChI is InChI=1S/C26H26O3/c1-3-28-25(27)20-19-21(2)29-26(22-13-7-4-8-14-22,23-15-9-5-10-16-23)24-17-11-6-12-18-24/h4-21H,3H2,1-2H3/b20-19+/t21-/m0/s1. The smallest absolute Gasteiger partial charge is 0.330 e. The Bertz CT molecular complexity index is 821. The normalized spacial score (nSPS) is 12.6. The SMILES string of the molecule is CCOC(=O)/C=C/[C@H](C)OC(c1ccccc1)(c1ccccc1)c1ccccc1. The van der Waals surface area contributed by atoms with Crippen LogP contribution in [0, 0.1) is 0 Å². The highest BCUT2D eigenvalue weighted by Crippen LogP contribution is 2.41. The fraction of sp³-hybridized carbons (Fsp3) is 0.192. The van der Waals surface area contributed by atoms with Gasteiger partial charge in [-0.2, -0.15) is 0 Å². The van der Waals surface area contributed by atoms with Gasteiger partial charge in [-0.1, -0.05) is 91.0 Å². The molecular weight excluding hydrogens is 360 g/mol. The van der Waals surface area contributed by atoms with Crippen molar-refractivity contribution >= 4 is 5.97 Å². The van der Waals surface area contributed by atoms with Crippen molar-refractivity contribution in [2.24, 2.45) is 0 Å². The van der Waals surface area contributed by atoms with Crippen molar-refractivity contribution < 1.29 is 14.3 Å². The van der Waals surface area contributed by atoms with Crippen LogP contribution in [0.4, 0.5) is 0 Å². The number of carbonyl (C=O) groups excluding carboxylic acids is 1. The van der Waals surface area contributed by atoms with Gasteiger partial charge in [0.2, 0.25) is 0 Å². The second-order valence-electron chi connectivity index (χ2n) is 6.71. The molecule has 3 rings (SSSR count). The second-order valence-corrected chi connectivity index (χ2v) is 6.71. The Morgan fingerprint density at radius 1 is 0.828 bits per heavy atom. The lowest BCUT2D eigenvalue weighted by atomic mass is 9.80. The van der Waals surface area contributed by atoms with Crippen molar-refractivity contribution in [2.45, 2.75) is 25.6 Å². The van der Waals surface area contributed by atoms with Gasteiger partial charge in [0.05, 0.1) is 12.7 Å². The number of benzene rings is 3. The molecule has 0 aliphatic rings. The molecule has 0 aromatic heterocycles. The van der Waals surface area contributed by atoms with Crippen LogP contribution in [-0.2, 0) is 19.9 Å². The van der Waals surface area contributed by atoms with Crippen molar-refractivity contribution in [2.75, 3.05) is 6.61 Å². The van der Waals surface area contributed by atoms with Crippen LogP contribution in [0.5, 0.6) is 0 Å². The van der Waals surface area contributed by atoms with Crippen molar-refractivity contribution in [3.05, 3.63) is 120 Å². The number of rotatable bonds is 8. The molecule has 0 spiro atoms. The highest BCUT2D eigenvalue weighted by atomic mass is 16.5. The molecule has 1 atom stereocenters. The number of ether oxygens (including phenoxy) is 2. The maximum Gasteiger partial charge on any atom is 0.330 e. The van der Waals surface area contributed by atoms with Gasteiger partial charge >= 0.3 is 5.97 Å². The van der Waals surface area contributed by atoms with E-state index in [4.69, 9.17) is 9.47 Å². The van der Waals surface area contributed by atoms with Crippen LogP contribution in [0.25, 0.3) is 0 Å². The van der Waals surface area contributed by atoms with Gasteiger partial charge in [0.25, 0.3) is 0 Å². The molecule has 0 bridgehead atoms. The molecule has 3 aromatic carbocycles. The summed E-state index contributed by atoms with van der Waals surface area (Å²) in [6.45, 7) is 4.07. The van der Waals surface area contributed by atoms with E-state index < -0.39 is 5.60 Å². The Hall–Kier alpha value is -3.17. The monoisotopic (exact) mass is 386 g/mol. The van der Waals surface area contributed by atoms with Gasteiger partial charge in [0.1, 0.15) is 5.60 Å². The van der Waals surface area contributed by atoms with Gasteiger partial charge < -0.3 is 9.47 Å². The number of carbonyl (C=O) groups is 1. The molecule has 0 aliphatic carbocycles. The first-order valence-electron chi connectivity index (χ1n) is 9.86. The first-order chi connectivity index (χ1) is 14.2. The van der Waals surface area contributed by atoms with E-state index in [9.17, 15) is 4.79 Å². The summed E-state index contributed by atoms with van der Waals surface area (Å²) in [6.07, 6.45) is 2.83. The third-order valence-corrected chi connectivity index (χ3v) is 4.69. The zero-order valence-corrected chi connectivity index (χ0v) is 16.8. The minimum atomic E-state index is -0.817. The molecule has 0 fully saturated rings. The van der Waals surface area contributed by atoms with Crippen LogP contribution in [-0.4, -0.2) is 18.7 Å². The summed E-state index contributed by atoms with van der Waals surface area (Å²) >= 11 is 0. The van der Waals surface area contributed by atoms with Crippen molar-refractivity contribution in [1.82, 2.24) is 0 Å². The predicted octanol–water partition coefficient (Wildman–Crippen LogP) is 5.50. The topological polar surface area (TPSA) is 35.5 Å². The van der Waals surface area contributed by atoms with Crippen LogP contribution >= 0.6 is 0 Å². The molecular formula is C26H26O3. The van der Waals surface area contributed by atoms with E-state index in [1.54, 1.807) is 13.0 Å². The second kappa shape index (κ2) is 9.85. The van der Waals surface area contributed by atoms with E-state index in [0.717, 1.165) is 16.7 Å². The molecule has 0 heterocycles. The molecule has 0 radical (unpaired) electrons. The van der Waals surface area contributed by atoms with Crippen molar-refractivity contribution in [3.8, 4) is 0 Å². The summed E-state index contributed by atoms with van der Waals surface area (Å²) in [6, 6.07) is 30.5. The van der Waals surface area contributed by atoms with Gasteiger partial charge in [0, 0.05) is 6.08 Å². The minimum Gasteiger partial charge on any atom is -0.463 e. The molecule has 3 nitrogen and oxygen atoms in total. The lowest BCUT2D eigenvalue weighted by Crippen LogP contribution is -2.35. The van der Waals surface area contributed by atoms with Gasteiger partial charge in [-0.15, -0.1) is 0 Å². The summed E-state index contributed by atoms with van der Waals surface area (Å²) in [5, 5.41) is 0. The third kappa shape index (κ3) is 4.82. The van der Waals surface area contributed by atoms with Gasteiger partial charge in [-0.05, 0) is 36.6 Å². The van der Waals surface area contributed by atoms with Gasteiger partial charge in [-0.3, -0.25) is 0 Å². The number of hydrogen-bond acceptors (Lipinski definition) is 3. The van der Waals surface area contributed by atoms with E-state index >= 15 is 0 Å². The van der Waals surface area contributed by atoms with Crippen molar-refractivity contribution in [3.63, 3.8) is 0 Å². The van der Waals surface area contributed by atoms with Crippen LogP contribution in [0.15, 0.2) is 103 Å². The number of hydrogen-bond donors (Lipinski definition) is 0. The Kier molecular flexibility index (Phi) is 6.99. The minimum absolute atomic E-state index is 0.333. The highest BCUT2D eigenvalue weighted by molar-refractivity contribution is 5.81. The Morgan fingerprint density at radius 3 is 1.62 bits per heavy atom.